The minimum absolute atomic E-state index is 0.0783. The molecule has 0 aliphatic heterocycles. The molecule has 0 unspecified atom stereocenters. The third-order valence-electron chi connectivity index (χ3n) is 5.72. The van der Waals surface area contributed by atoms with Crippen LogP contribution in [0, 0.1) is 0 Å². The van der Waals surface area contributed by atoms with Crippen LogP contribution in [0.25, 0.3) is 22.5 Å². The van der Waals surface area contributed by atoms with Crippen LogP contribution in [-0.4, -0.2) is 39.9 Å². The summed E-state index contributed by atoms with van der Waals surface area (Å²) in [4.78, 5) is 14.5. The molecule has 3 aromatic carbocycles. The van der Waals surface area contributed by atoms with Crippen molar-refractivity contribution in [2.24, 2.45) is 0 Å². The van der Waals surface area contributed by atoms with Crippen molar-refractivity contribution in [1.29, 1.82) is 0 Å². The fourth-order valence-electron chi connectivity index (χ4n) is 3.87. The van der Waals surface area contributed by atoms with Gasteiger partial charge in [-0.1, -0.05) is 58.4 Å². The Hall–Kier alpha value is -3.45. The number of benzene rings is 3. The molecule has 7 heteroatoms. The van der Waals surface area contributed by atoms with Gasteiger partial charge < -0.3 is 10.1 Å². The molecule has 4 rings (SSSR count). The zero-order valence-corrected chi connectivity index (χ0v) is 21.4. The summed E-state index contributed by atoms with van der Waals surface area (Å²) < 4.78 is 5.28. The van der Waals surface area contributed by atoms with E-state index < -0.39 is 0 Å². The van der Waals surface area contributed by atoms with E-state index in [1.807, 2.05) is 54.6 Å². The van der Waals surface area contributed by atoms with Crippen LogP contribution in [0.4, 0.5) is 0 Å². The molecule has 4 aromatic rings. The highest BCUT2D eigenvalue weighted by Gasteiger charge is 2.17. The highest BCUT2D eigenvalue weighted by Crippen LogP contribution is 2.30. The van der Waals surface area contributed by atoms with E-state index in [0.717, 1.165) is 52.9 Å². The molecule has 0 radical (unpaired) electrons. The Labute approximate surface area is 214 Å². The summed E-state index contributed by atoms with van der Waals surface area (Å²) in [6.07, 6.45) is 2.99. The molecule has 1 heterocycles. The first kappa shape index (κ1) is 24.7. The first-order valence-electron chi connectivity index (χ1n) is 11.8. The highest BCUT2D eigenvalue weighted by atomic mass is 79.9. The van der Waals surface area contributed by atoms with Crippen molar-refractivity contribution in [3.8, 4) is 28.3 Å². The number of rotatable bonds is 11. The average molecular weight is 533 g/mol. The Bertz CT molecular complexity index is 1240. The van der Waals surface area contributed by atoms with E-state index in [2.05, 4.69) is 45.5 Å². The molecule has 0 spiro atoms. The third kappa shape index (κ3) is 6.57. The lowest BCUT2D eigenvalue weighted by atomic mass is 10.0. The molecular formula is C28H29BrN4O2. The molecule has 6 nitrogen and oxygen atoms in total. The lowest BCUT2D eigenvalue weighted by molar-refractivity contribution is 0.0953. The van der Waals surface area contributed by atoms with Crippen LogP contribution in [0.5, 0.6) is 5.75 Å². The van der Waals surface area contributed by atoms with Gasteiger partial charge in [0.2, 0.25) is 0 Å². The molecular weight excluding hydrogens is 504 g/mol. The number of unbranched alkanes of at least 4 members (excludes halogenated alkanes) is 1. The normalized spacial score (nSPS) is 10.8. The van der Waals surface area contributed by atoms with Crippen LogP contribution >= 0.6 is 15.9 Å². The molecule has 0 saturated carbocycles. The van der Waals surface area contributed by atoms with Gasteiger partial charge in [-0.3, -0.25) is 4.79 Å². The van der Waals surface area contributed by atoms with E-state index in [0.29, 0.717) is 18.7 Å². The largest absolute Gasteiger partial charge is 0.497 e. The molecule has 180 valence electrons. The summed E-state index contributed by atoms with van der Waals surface area (Å²) in [5.74, 6) is 0.705. The maximum absolute atomic E-state index is 12.8. The molecule has 0 bridgehead atoms. The van der Waals surface area contributed by atoms with E-state index in [1.54, 1.807) is 11.9 Å². The number of alkyl halides is 1. The first-order chi connectivity index (χ1) is 17.2. The molecule has 1 N–H and O–H groups in total. The number of carbonyl (C=O) groups is 1. The van der Waals surface area contributed by atoms with Crippen LogP contribution in [0.1, 0.15) is 28.8 Å². The van der Waals surface area contributed by atoms with Crippen molar-refractivity contribution in [2.75, 3.05) is 19.0 Å². The number of ether oxygens (including phenoxy) is 1. The van der Waals surface area contributed by atoms with Gasteiger partial charge >= 0.3 is 0 Å². The van der Waals surface area contributed by atoms with Crippen molar-refractivity contribution in [3.05, 3.63) is 90.0 Å². The number of aromatic nitrogens is 3. The van der Waals surface area contributed by atoms with Gasteiger partial charge in [-0.15, -0.1) is 0 Å². The second kappa shape index (κ2) is 12.3. The molecule has 0 saturated heterocycles. The van der Waals surface area contributed by atoms with Crippen LogP contribution in [0.2, 0.25) is 0 Å². The summed E-state index contributed by atoms with van der Waals surface area (Å²) in [6.45, 7) is 1.29. The molecule has 0 aliphatic rings. The number of halogens is 1. The van der Waals surface area contributed by atoms with Gasteiger partial charge in [-0.25, -0.2) is 0 Å². The monoisotopic (exact) mass is 532 g/mol. The molecule has 1 amide bonds. The van der Waals surface area contributed by atoms with E-state index in [1.165, 1.54) is 5.56 Å². The summed E-state index contributed by atoms with van der Waals surface area (Å²) in [5, 5.41) is 13.2. The maximum atomic E-state index is 12.8. The van der Waals surface area contributed by atoms with Crippen molar-refractivity contribution in [1.82, 2.24) is 20.3 Å². The van der Waals surface area contributed by atoms with E-state index in [4.69, 9.17) is 14.9 Å². The number of aryl methyl sites for hydroxylation is 2. The molecule has 0 atom stereocenters. The van der Waals surface area contributed by atoms with Gasteiger partial charge in [-0.2, -0.15) is 15.0 Å². The zero-order chi connectivity index (χ0) is 24.5. The van der Waals surface area contributed by atoms with Crippen molar-refractivity contribution in [3.63, 3.8) is 0 Å². The zero-order valence-electron chi connectivity index (χ0n) is 19.8. The predicted molar refractivity (Wildman–Crippen MR) is 143 cm³/mol. The molecule has 1 aromatic heterocycles. The lowest BCUT2D eigenvalue weighted by Crippen LogP contribution is -2.24. The summed E-state index contributed by atoms with van der Waals surface area (Å²) >= 11 is 3.46. The Morgan fingerprint density at radius 2 is 1.66 bits per heavy atom. The molecule has 0 fully saturated rings. The molecule has 35 heavy (non-hydrogen) atoms. The summed E-state index contributed by atoms with van der Waals surface area (Å²) in [5.41, 5.74) is 5.25. The van der Waals surface area contributed by atoms with E-state index in [9.17, 15) is 4.79 Å². The van der Waals surface area contributed by atoms with E-state index >= 15 is 0 Å². The second-order valence-corrected chi connectivity index (χ2v) is 8.98. The quantitative estimate of drug-likeness (QED) is 0.196. The van der Waals surface area contributed by atoms with Gasteiger partial charge in [0, 0.05) is 28.6 Å². The van der Waals surface area contributed by atoms with Crippen molar-refractivity contribution < 1.29 is 9.53 Å². The Balaban J connectivity index is 1.46. The Morgan fingerprint density at radius 1 is 0.914 bits per heavy atom. The number of nitrogens with zero attached hydrogens (tertiary/aromatic N) is 3. The number of amides is 1. The van der Waals surface area contributed by atoms with Gasteiger partial charge in [0.05, 0.1) is 13.7 Å². The number of nitrogens with one attached hydrogen (secondary N) is 1. The predicted octanol–water partition coefficient (Wildman–Crippen LogP) is 5.77. The maximum Gasteiger partial charge on any atom is 0.251 e. The van der Waals surface area contributed by atoms with E-state index in [-0.39, 0.29) is 5.91 Å². The summed E-state index contributed by atoms with van der Waals surface area (Å²) in [6, 6.07) is 25.7. The smallest absolute Gasteiger partial charge is 0.251 e. The van der Waals surface area contributed by atoms with Crippen LogP contribution in [-0.2, 0) is 13.0 Å². The standard InChI is InChI=1S/C28H29BrN4O2/c1-35-25-15-13-22(14-16-25)26-27(32-33(31-26)19-17-29)23-11-7-12-24(20-23)28(34)30-18-6-5-10-21-8-3-2-4-9-21/h2-4,7-9,11-16,20H,5-6,10,17-19H2,1H3,(H,30,34). The summed E-state index contributed by atoms with van der Waals surface area (Å²) in [7, 11) is 1.65. The fourth-order valence-corrected chi connectivity index (χ4v) is 4.19. The van der Waals surface area contributed by atoms with Gasteiger partial charge in [0.25, 0.3) is 5.91 Å². The minimum atomic E-state index is -0.0783. The first-order valence-corrected chi connectivity index (χ1v) is 12.9. The lowest BCUT2D eigenvalue weighted by Gasteiger charge is -2.07. The van der Waals surface area contributed by atoms with Crippen LogP contribution in [0.3, 0.4) is 0 Å². The van der Waals surface area contributed by atoms with Crippen molar-refractivity contribution >= 4 is 21.8 Å². The Kier molecular flexibility index (Phi) is 8.68. The minimum Gasteiger partial charge on any atom is -0.497 e. The van der Waals surface area contributed by atoms with Gasteiger partial charge in [-0.05, 0) is 61.2 Å². The second-order valence-electron chi connectivity index (χ2n) is 8.19. The van der Waals surface area contributed by atoms with Crippen molar-refractivity contribution in [2.45, 2.75) is 25.8 Å². The molecule has 0 aliphatic carbocycles. The number of hydrogen-bond acceptors (Lipinski definition) is 4. The van der Waals surface area contributed by atoms with Gasteiger partial charge in [0.15, 0.2) is 0 Å². The van der Waals surface area contributed by atoms with Crippen LogP contribution < -0.4 is 10.1 Å². The van der Waals surface area contributed by atoms with Gasteiger partial charge in [0.1, 0.15) is 17.1 Å². The fraction of sp³-hybridized carbons (Fsp3) is 0.250. The topological polar surface area (TPSA) is 69.0 Å². The number of methoxy groups -OCH3 is 1. The third-order valence-corrected chi connectivity index (χ3v) is 6.08. The number of carbonyl (C=O) groups excluding carboxylic acids is 1. The number of hydrogen-bond donors (Lipinski definition) is 1. The Morgan fingerprint density at radius 3 is 2.37 bits per heavy atom. The highest BCUT2D eigenvalue weighted by molar-refractivity contribution is 9.09. The SMILES string of the molecule is COc1ccc(-c2nn(CCBr)nc2-c2cccc(C(=O)NCCCCc3ccccc3)c2)cc1. The average Bonchev–Trinajstić information content (AvgIpc) is 3.33. The van der Waals surface area contributed by atoms with Crippen LogP contribution in [0.15, 0.2) is 78.9 Å².